The van der Waals surface area contributed by atoms with Crippen molar-refractivity contribution in [3.63, 3.8) is 0 Å². The summed E-state index contributed by atoms with van der Waals surface area (Å²) in [7, 11) is 0. The van der Waals surface area contributed by atoms with Crippen LogP contribution in [0.5, 0.6) is 0 Å². The van der Waals surface area contributed by atoms with Gasteiger partial charge in [-0.25, -0.2) is 4.39 Å². The van der Waals surface area contributed by atoms with Crippen molar-refractivity contribution in [2.45, 2.75) is 6.92 Å². The van der Waals surface area contributed by atoms with Gasteiger partial charge in [-0.05, 0) is 24.6 Å². The summed E-state index contributed by atoms with van der Waals surface area (Å²) in [6, 6.07) is 4.53. The van der Waals surface area contributed by atoms with Gasteiger partial charge in [-0.15, -0.1) is 11.6 Å². The molecule has 0 saturated heterocycles. The van der Waals surface area contributed by atoms with Crippen molar-refractivity contribution < 1.29 is 4.39 Å². The van der Waals surface area contributed by atoms with Gasteiger partial charge in [-0.2, -0.15) is 0 Å². The minimum absolute atomic E-state index is 0.264. The van der Waals surface area contributed by atoms with Crippen molar-refractivity contribution in [1.82, 2.24) is 0 Å². The summed E-state index contributed by atoms with van der Waals surface area (Å²) in [6.07, 6.45) is 0. The third-order valence-corrected chi connectivity index (χ3v) is 1.62. The summed E-state index contributed by atoms with van der Waals surface area (Å²) < 4.78 is 12.7. The number of alkyl halides is 1. The fraction of sp³-hybridized carbons (Fsp3) is 0.200. The van der Waals surface area contributed by atoms with E-state index >= 15 is 0 Å². The standard InChI is InChI=1S/C10H8ClF/c1-8-4-5-10(12)7-9(8)3-2-6-11/h4-5,7H,6H2,1H3. The molecule has 0 fully saturated rings. The Kier molecular flexibility index (Phi) is 3.13. The van der Waals surface area contributed by atoms with Crippen LogP contribution in [0.25, 0.3) is 0 Å². The first-order chi connectivity index (χ1) is 5.74. The molecule has 0 radical (unpaired) electrons. The summed E-state index contributed by atoms with van der Waals surface area (Å²) in [5.41, 5.74) is 1.67. The summed E-state index contributed by atoms with van der Waals surface area (Å²) >= 11 is 5.38. The Morgan fingerprint density at radius 3 is 2.92 bits per heavy atom. The molecule has 0 aromatic heterocycles. The van der Waals surface area contributed by atoms with Crippen molar-refractivity contribution in [1.29, 1.82) is 0 Å². The topological polar surface area (TPSA) is 0 Å². The second-order valence-electron chi connectivity index (χ2n) is 2.39. The number of halogens is 2. The lowest BCUT2D eigenvalue weighted by Crippen LogP contribution is -1.83. The maximum absolute atomic E-state index is 12.7. The van der Waals surface area contributed by atoms with Crippen LogP contribution < -0.4 is 0 Å². The molecule has 0 aliphatic carbocycles. The van der Waals surface area contributed by atoms with Crippen LogP contribution >= 0.6 is 11.6 Å². The minimum atomic E-state index is -0.264. The smallest absolute Gasteiger partial charge is 0.124 e. The molecule has 1 aromatic rings. The van der Waals surface area contributed by atoms with Gasteiger partial charge in [0.05, 0.1) is 5.88 Å². The lowest BCUT2D eigenvalue weighted by atomic mass is 10.1. The van der Waals surface area contributed by atoms with E-state index in [1.807, 2.05) is 6.92 Å². The highest BCUT2D eigenvalue weighted by molar-refractivity contribution is 6.19. The SMILES string of the molecule is Cc1ccc(F)cc1C#CCCl. The van der Waals surface area contributed by atoms with Crippen LogP contribution in [0.15, 0.2) is 18.2 Å². The molecule has 2 heteroatoms. The molecule has 62 valence electrons. The van der Waals surface area contributed by atoms with Crippen molar-refractivity contribution in [3.8, 4) is 11.8 Å². The molecular weight excluding hydrogens is 175 g/mol. The molecule has 1 aromatic carbocycles. The van der Waals surface area contributed by atoms with Crippen LogP contribution in [0.1, 0.15) is 11.1 Å². The fourth-order valence-electron chi connectivity index (χ4n) is 0.858. The third-order valence-electron chi connectivity index (χ3n) is 1.49. The molecule has 1 rings (SSSR count). The molecule has 0 spiro atoms. The molecule has 0 saturated carbocycles. The fourth-order valence-corrected chi connectivity index (χ4v) is 0.924. The average Bonchev–Trinajstić information content (AvgIpc) is 2.07. The molecule has 0 unspecified atom stereocenters. The molecule has 0 atom stereocenters. The van der Waals surface area contributed by atoms with Gasteiger partial charge in [0.25, 0.3) is 0 Å². The molecule has 0 nitrogen and oxygen atoms in total. The van der Waals surface area contributed by atoms with E-state index in [0.29, 0.717) is 5.56 Å². The van der Waals surface area contributed by atoms with Gasteiger partial charge in [0, 0.05) is 5.56 Å². The van der Waals surface area contributed by atoms with Crippen LogP contribution in [0, 0.1) is 24.6 Å². The maximum Gasteiger partial charge on any atom is 0.124 e. The van der Waals surface area contributed by atoms with Gasteiger partial charge >= 0.3 is 0 Å². The van der Waals surface area contributed by atoms with Gasteiger partial charge in [0.2, 0.25) is 0 Å². The highest BCUT2D eigenvalue weighted by Crippen LogP contribution is 2.08. The first kappa shape index (κ1) is 9.09. The van der Waals surface area contributed by atoms with Crippen LogP contribution in [-0.4, -0.2) is 5.88 Å². The van der Waals surface area contributed by atoms with Crippen LogP contribution in [0.2, 0.25) is 0 Å². The zero-order valence-corrected chi connectivity index (χ0v) is 7.45. The number of benzene rings is 1. The molecule has 12 heavy (non-hydrogen) atoms. The minimum Gasteiger partial charge on any atom is -0.207 e. The Labute approximate surface area is 76.4 Å². The summed E-state index contributed by atoms with van der Waals surface area (Å²) in [5, 5.41) is 0. The third kappa shape index (κ3) is 2.25. The Bertz CT molecular complexity index is 333. The first-order valence-corrected chi connectivity index (χ1v) is 4.08. The molecule has 0 bridgehead atoms. The second kappa shape index (κ2) is 4.13. The molecule has 0 aliphatic heterocycles. The zero-order valence-electron chi connectivity index (χ0n) is 6.70. The number of hydrogen-bond acceptors (Lipinski definition) is 0. The molecule has 0 aliphatic rings. The van der Waals surface area contributed by atoms with Crippen LogP contribution in [-0.2, 0) is 0 Å². The van der Waals surface area contributed by atoms with Crippen molar-refractivity contribution in [2.24, 2.45) is 0 Å². The number of hydrogen-bond donors (Lipinski definition) is 0. The monoisotopic (exact) mass is 182 g/mol. The number of rotatable bonds is 0. The molecular formula is C10H8ClF. The second-order valence-corrected chi connectivity index (χ2v) is 2.66. The highest BCUT2D eigenvalue weighted by atomic mass is 35.5. The Morgan fingerprint density at radius 2 is 2.25 bits per heavy atom. The van der Waals surface area contributed by atoms with Crippen LogP contribution in [0.3, 0.4) is 0 Å². The molecule has 0 heterocycles. The quantitative estimate of drug-likeness (QED) is 0.428. The predicted octanol–water partition coefficient (Wildman–Crippen LogP) is 2.72. The van der Waals surface area contributed by atoms with Gasteiger partial charge in [0.15, 0.2) is 0 Å². The largest absolute Gasteiger partial charge is 0.207 e. The van der Waals surface area contributed by atoms with Gasteiger partial charge < -0.3 is 0 Å². The summed E-state index contributed by atoms with van der Waals surface area (Å²) in [5.74, 6) is 5.47. The zero-order chi connectivity index (χ0) is 8.97. The van der Waals surface area contributed by atoms with E-state index in [4.69, 9.17) is 11.6 Å². The van der Waals surface area contributed by atoms with Crippen LogP contribution in [0.4, 0.5) is 4.39 Å². The van der Waals surface area contributed by atoms with Crippen molar-refractivity contribution >= 4 is 11.6 Å². The van der Waals surface area contributed by atoms with Gasteiger partial charge in [-0.3, -0.25) is 0 Å². The normalized spacial score (nSPS) is 8.92. The van der Waals surface area contributed by atoms with E-state index in [9.17, 15) is 4.39 Å². The van der Waals surface area contributed by atoms with E-state index in [-0.39, 0.29) is 11.7 Å². The van der Waals surface area contributed by atoms with E-state index in [1.54, 1.807) is 6.07 Å². The predicted molar refractivity (Wildman–Crippen MR) is 48.7 cm³/mol. The van der Waals surface area contributed by atoms with Crippen molar-refractivity contribution in [3.05, 3.63) is 35.1 Å². The Morgan fingerprint density at radius 1 is 1.50 bits per heavy atom. The van der Waals surface area contributed by atoms with E-state index in [1.165, 1.54) is 12.1 Å². The summed E-state index contributed by atoms with van der Waals surface area (Å²) in [6.45, 7) is 1.89. The molecule has 0 N–H and O–H groups in total. The first-order valence-electron chi connectivity index (χ1n) is 3.55. The lowest BCUT2D eigenvalue weighted by molar-refractivity contribution is 0.627. The van der Waals surface area contributed by atoms with E-state index < -0.39 is 0 Å². The average molecular weight is 183 g/mol. The van der Waals surface area contributed by atoms with E-state index in [2.05, 4.69) is 11.8 Å². The maximum atomic E-state index is 12.7. The highest BCUT2D eigenvalue weighted by Gasteiger charge is 1.95. The number of aryl methyl sites for hydroxylation is 1. The lowest BCUT2D eigenvalue weighted by Gasteiger charge is -1.96. The van der Waals surface area contributed by atoms with Crippen molar-refractivity contribution in [2.75, 3.05) is 5.88 Å². The van der Waals surface area contributed by atoms with Gasteiger partial charge in [0.1, 0.15) is 5.82 Å². The Balaban J connectivity index is 3.05. The Hall–Kier alpha value is -1.00. The molecule has 0 amide bonds. The van der Waals surface area contributed by atoms with Gasteiger partial charge in [-0.1, -0.05) is 17.9 Å². The summed E-state index contributed by atoms with van der Waals surface area (Å²) in [4.78, 5) is 0. The van der Waals surface area contributed by atoms with E-state index in [0.717, 1.165) is 5.56 Å².